The molecule has 0 heterocycles. The third-order valence-corrected chi connectivity index (χ3v) is 3.97. The van der Waals surface area contributed by atoms with Gasteiger partial charge in [-0.25, -0.2) is 0 Å². The van der Waals surface area contributed by atoms with Gasteiger partial charge in [0.25, 0.3) is 0 Å². The Labute approximate surface area is 124 Å². The van der Waals surface area contributed by atoms with Crippen LogP contribution in [-0.4, -0.2) is 30.1 Å². The first-order valence-corrected chi connectivity index (χ1v) is 7.24. The van der Waals surface area contributed by atoms with Crippen LogP contribution in [0.3, 0.4) is 0 Å². The van der Waals surface area contributed by atoms with Gasteiger partial charge in [0.15, 0.2) is 0 Å². The van der Waals surface area contributed by atoms with E-state index in [-0.39, 0.29) is 36.0 Å². The molecule has 1 aromatic rings. The molecule has 0 bridgehead atoms. The molecule has 0 atom stereocenters. The van der Waals surface area contributed by atoms with Gasteiger partial charge in [0.05, 0.1) is 19.4 Å². The Morgan fingerprint density at radius 3 is 2.52 bits per heavy atom. The van der Waals surface area contributed by atoms with Gasteiger partial charge in [-0.15, -0.1) is 0 Å². The van der Waals surface area contributed by atoms with E-state index >= 15 is 0 Å². The van der Waals surface area contributed by atoms with Crippen molar-refractivity contribution in [2.75, 3.05) is 7.11 Å². The van der Waals surface area contributed by atoms with Crippen LogP contribution in [0.4, 0.5) is 0 Å². The van der Waals surface area contributed by atoms with Gasteiger partial charge in [-0.05, 0) is 31.7 Å². The van der Waals surface area contributed by atoms with Gasteiger partial charge in [0.2, 0.25) is 5.91 Å². The van der Waals surface area contributed by atoms with Crippen LogP contribution in [0.1, 0.15) is 31.2 Å². The number of phenolic OH excluding ortho intramolecular Hbond substituents is 1. The highest BCUT2D eigenvalue weighted by molar-refractivity contribution is 5.79. The number of hydrogen-bond donors (Lipinski definition) is 2. The molecular formula is C16H21NO4. The van der Waals surface area contributed by atoms with E-state index in [2.05, 4.69) is 5.32 Å². The number of ether oxygens (including phenoxy) is 1. The monoisotopic (exact) mass is 291 g/mol. The summed E-state index contributed by atoms with van der Waals surface area (Å²) >= 11 is 0. The third-order valence-electron chi connectivity index (χ3n) is 3.97. The lowest BCUT2D eigenvalue weighted by Crippen LogP contribution is -2.39. The average molecular weight is 291 g/mol. The zero-order valence-corrected chi connectivity index (χ0v) is 12.2. The second-order valence-corrected chi connectivity index (χ2v) is 5.44. The molecule has 0 spiro atoms. The van der Waals surface area contributed by atoms with E-state index in [9.17, 15) is 14.7 Å². The highest BCUT2D eigenvalue weighted by Crippen LogP contribution is 2.25. The Kier molecular flexibility index (Phi) is 5.20. The molecule has 5 nitrogen and oxygen atoms in total. The van der Waals surface area contributed by atoms with E-state index in [4.69, 9.17) is 4.74 Å². The first-order chi connectivity index (χ1) is 10.1. The van der Waals surface area contributed by atoms with Crippen LogP contribution in [0, 0.1) is 5.92 Å². The molecule has 0 radical (unpaired) electrons. The number of rotatable bonds is 4. The van der Waals surface area contributed by atoms with Gasteiger partial charge in [-0.3, -0.25) is 9.59 Å². The second-order valence-electron chi connectivity index (χ2n) is 5.44. The fourth-order valence-corrected chi connectivity index (χ4v) is 2.75. The Morgan fingerprint density at radius 1 is 1.24 bits per heavy atom. The van der Waals surface area contributed by atoms with E-state index in [1.807, 2.05) is 0 Å². The number of carbonyl (C=O) groups is 2. The third kappa shape index (κ3) is 4.21. The van der Waals surface area contributed by atoms with Gasteiger partial charge < -0.3 is 15.2 Å². The van der Waals surface area contributed by atoms with E-state index in [0.29, 0.717) is 5.56 Å². The standard InChI is InChI=1S/C16H21NO4/c1-21-16(20)11-6-8-13(9-7-11)17-15(19)10-12-4-2-3-5-14(12)18/h2-5,11,13,18H,6-10H2,1H3,(H,17,19). The summed E-state index contributed by atoms with van der Waals surface area (Å²) in [5, 5.41) is 12.6. The molecule has 0 aromatic heterocycles. The lowest BCUT2D eigenvalue weighted by molar-refractivity contribution is -0.146. The highest BCUT2D eigenvalue weighted by atomic mass is 16.5. The maximum Gasteiger partial charge on any atom is 0.308 e. The van der Waals surface area contributed by atoms with E-state index in [1.165, 1.54) is 7.11 Å². The normalized spacial score (nSPS) is 21.6. The van der Waals surface area contributed by atoms with Crippen molar-refractivity contribution in [2.45, 2.75) is 38.1 Å². The van der Waals surface area contributed by atoms with Crippen molar-refractivity contribution in [2.24, 2.45) is 5.92 Å². The first kappa shape index (κ1) is 15.4. The number of hydrogen-bond acceptors (Lipinski definition) is 4. The molecule has 2 N–H and O–H groups in total. The van der Waals surface area contributed by atoms with Crippen molar-refractivity contribution in [3.8, 4) is 5.75 Å². The molecule has 1 aliphatic rings. The van der Waals surface area contributed by atoms with Crippen LogP contribution in [0.15, 0.2) is 24.3 Å². The van der Waals surface area contributed by atoms with Gasteiger partial charge in [0.1, 0.15) is 5.75 Å². The van der Waals surface area contributed by atoms with Crippen LogP contribution in [0.25, 0.3) is 0 Å². The number of nitrogens with one attached hydrogen (secondary N) is 1. The summed E-state index contributed by atoms with van der Waals surface area (Å²) in [6, 6.07) is 6.94. The quantitative estimate of drug-likeness (QED) is 0.829. The Morgan fingerprint density at radius 2 is 1.90 bits per heavy atom. The molecule has 21 heavy (non-hydrogen) atoms. The Balaban J connectivity index is 1.80. The van der Waals surface area contributed by atoms with Crippen molar-refractivity contribution in [3.63, 3.8) is 0 Å². The number of phenols is 1. The maximum absolute atomic E-state index is 12.0. The number of esters is 1. The summed E-state index contributed by atoms with van der Waals surface area (Å²) in [5.41, 5.74) is 0.623. The van der Waals surface area contributed by atoms with Gasteiger partial charge in [0, 0.05) is 11.6 Å². The SMILES string of the molecule is COC(=O)C1CCC(NC(=O)Cc2ccccc2O)CC1. The largest absolute Gasteiger partial charge is 0.508 e. The van der Waals surface area contributed by atoms with Crippen molar-refractivity contribution in [3.05, 3.63) is 29.8 Å². The van der Waals surface area contributed by atoms with Crippen LogP contribution in [-0.2, 0) is 20.7 Å². The predicted octanol–water partition coefficient (Wildman–Crippen LogP) is 1.78. The Hall–Kier alpha value is -2.04. The molecule has 1 amide bonds. The number of carbonyl (C=O) groups excluding carboxylic acids is 2. The van der Waals surface area contributed by atoms with E-state index < -0.39 is 0 Å². The van der Waals surface area contributed by atoms with Crippen LogP contribution < -0.4 is 5.32 Å². The zero-order valence-electron chi connectivity index (χ0n) is 12.2. The fraction of sp³-hybridized carbons (Fsp3) is 0.500. The van der Waals surface area contributed by atoms with Crippen molar-refractivity contribution in [1.29, 1.82) is 0 Å². The molecule has 5 heteroatoms. The summed E-state index contributed by atoms with van der Waals surface area (Å²) in [5.74, 6) is -0.157. The lowest BCUT2D eigenvalue weighted by Gasteiger charge is -2.27. The average Bonchev–Trinajstić information content (AvgIpc) is 2.49. The fourth-order valence-electron chi connectivity index (χ4n) is 2.75. The topological polar surface area (TPSA) is 75.6 Å². The summed E-state index contributed by atoms with van der Waals surface area (Å²) in [7, 11) is 1.41. The van der Waals surface area contributed by atoms with Crippen molar-refractivity contribution in [1.82, 2.24) is 5.32 Å². The van der Waals surface area contributed by atoms with Gasteiger partial charge >= 0.3 is 5.97 Å². The van der Waals surface area contributed by atoms with E-state index in [0.717, 1.165) is 25.7 Å². The molecule has 1 fully saturated rings. The molecule has 0 aliphatic heterocycles. The number of para-hydroxylation sites is 1. The summed E-state index contributed by atoms with van der Waals surface area (Å²) in [6.45, 7) is 0. The number of benzene rings is 1. The predicted molar refractivity (Wildman–Crippen MR) is 77.7 cm³/mol. The summed E-state index contributed by atoms with van der Waals surface area (Å²) < 4.78 is 4.74. The summed E-state index contributed by atoms with van der Waals surface area (Å²) in [4.78, 5) is 23.4. The highest BCUT2D eigenvalue weighted by Gasteiger charge is 2.27. The molecule has 114 valence electrons. The van der Waals surface area contributed by atoms with Crippen molar-refractivity contribution >= 4 is 11.9 Å². The maximum atomic E-state index is 12.0. The minimum absolute atomic E-state index is 0.0404. The molecule has 0 saturated heterocycles. The smallest absolute Gasteiger partial charge is 0.308 e. The van der Waals surface area contributed by atoms with Gasteiger partial charge in [-0.2, -0.15) is 0 Å². The first-order valence-electron chi connectivity index (χ1n) is 7.24. The minimum atomic E-state index is -0.158. The van der Waals surface area contributed by atoms with Crippen LogP contribution >= 0.6 is 0 Å². The van der Waals surface area contributed by atoms with Crippen LogP contribution in [0.2, 0.25) is 0 Å². The Bertz CT molecular complexity index is 507. The molecule has 1 saturated carbocycles. The number of methoxy groups -OCH3 is 1. The lowest BCUT2D eigenvalue weighted by atomic mass is 9.86. The molecule has 2 rings (SSSR count). The number of amides is 1. The van der Waals surface area contributed by atoms with E-state index in [1.54, 1.807) is 24.3 Å². The summed E-state index contributed by atoms with van der Waals surface area (Å²) in [6.07, 6.45) is 3.23. The van der Waals surface area contributed by atoms with Gasteiger partial charge in [-0.1, -0.05) is 18.2 Å². The van der Waals surface area contributed by atoms with Crippen molar-refractivity contribution < 1.29 is 19.4 Å². The number of aromatic hydroxyl groups is 1. The molecular weight excluding hydrogens is 270 g/mol. The second kappa shape index (κ2) is 7.11. The molecule has 0 unspecified atom stereocenters. The molecule has 1 aliphatic carbocycles. The minimum Gasteiger partial charge on any atom is -0.508 e. The van der Waals surface area contributed by atoms with Crippen LogP contribution in [0.5, 0.6) is 5.75 Å². The zero-order chi connectivity index (χ0) is 15.2. The molecule has 1 aromatic carbocycles.